The van der Waals surface area contributed by atoms with E-state index in [-0.39, 0.29) is 12.5 Å². The Kier molecular flexibility index (Phi) is 6.65. The third kappa shape index (κ3) is 5.50. The Balaban J connectivity index is 1.61. The summed E-state index contributed by atoms with van der Waals surface area (Å²) in [6.45, 7) is 1.83. The van der Waals surface area contributed by atoms with Gasteiger partial charge in [0.1, 0.15) is 5.75 Å². The van der Waals surface area contributed by atoms with Crippen LogP contribution in [0.3, 0.4) is 0 Å². The van der Waals surface area contributed by atoms with Gasteiger partial charge >= 0.3 is 0 Å². The van der Waals surface area contributed by atoms with Gasteiger partial charge in [-0.25, -0.2) is 4.98 Å². The van der Waals surface area contributed by atoms with E-state index in [9.17, 15) is 4.79 Å². The first-order chi connectivity index (χ1) is 15.0. The molecule has 4 rings (SSSR count). The van der Waals surface area contributed by atoms with Crippen molar-refractivity contribution < 1.29 is 9.53 Å². The number of amides is 1. The molecule has 0 radical (unpaired) electrons. The molecule has 1 heterocycles. The summed E-state index contributed by atoms with van der Waals surface area (Å²) >= 11 is 10.8. The van der Waals surface area contributed by atoms with Gasteiger partial charge in [-0.3, -0.25) is 4.79 Å². The number of rotatable bonds is 6. The van der Waals surface area contributed by atoms with Gasteiger partial charge in [0, 0.05) is 9.50 Å². The summed E-state index contributed by atoms with van der Waals surface area (Å²) < 4.78 is 7.53. The van der Waals surface area contributed by atoms with Crippen LogP contribution in [0.4, 0.5) is 5.13 Å². The molecule has 0 unspecified atom stereocenters. The zero-order valence-corrected chi connectivity index (χ0v) is 19.6. The Bertz CT molecular complexity index is 1240. The molecular weight excluding hydrogens is 498 g/mol. The number of aromatic nitrogens is 1. The van der Waals surface area contributed by atoms with Crippen LogP contribution in [-0.2, 0) is 4.79 Å². The summed E-state index contributed by atoms with van der Waals surface area (Å²) in [5, 5.41) is 6.79. The highest BCUT2D eigenvalue weighted by Gasteiger charge is 2.20. The number of aryl methyl sites for hydroxylation is 1. The number of nitrogens with zero attached hydrogens (tertiary/aromatic N) is 3. The zero-order chi connectivity index (χ0) is 21.8. The minimum Gasteiger partial charge on any atom is -0.484 e. The van der Waals surface area contributed by atoms with Crippen LogP contribution in [0.15, 0.2) is 76.3 Å². The van der Waals surface area contributed by atoms with Crippen molar-refractivity contribution in [3.8, 4) is 5.75 Å². The highest BCUT2D eigenvalue weighted by molar-refractivity contribution is 9.10. The summed E-state index contributed by atoms with van der Waals surface area (Å²) in [6.07, 6.45) is 1.64. The maximum absolute atomic E-state index is 13.0. The average Bonchev–Trinajstić information content (AvgIpc) is 3.17. The molecule has 0 bridgehead atoms. The van der Waals surface area contributed by atoms with Crippen LogP contribution in [0.5, 0.6) is 5.75 Å². The molecule has 0 saturated heterocycles. The Morgan fingerprint density at radius 3 is 2.65 bits per heavy atom. The van der Waals surface area contributed by atoms with E-state index in [1.165, 1.54) is 16.3 Å². The van der Waals surface area contributed by atoms with E-state index in [0.717, 1.165) is 25.8 Å². The molecule has 4 aromatic rings. The van der Waals surface area contributed by atoms with Gasteiger partial charge in [-0.15, -0.1) is 0 Å². The SMILES string of the molecule is Cc1ccc(/C=N/N(C(=O)COc2ccc(Cl)cc2)c2nc3ccc(Br)cc3s2)cc1. The fourth-order valence-corrected chi connectivity index (χ4v) is 4.33. The molecule has 0 aliphatic carbocycles. The summed E-state index contributed by atoms with van der Waals surface area (Å²) in [6, 6.07) is 20.5. The Hall–Kier alpha value is -2.74. The molecule has 0 saturated carbocycles. The van der Waals surface area contributed by atoms with Crippen LogP contribution in [0.2, 0.25) is 5.02 Å². The number of ether oxygens (including phenoxy) is 1. The van der Waals surface area contributed by atoms with Crippen molar-refractivity contribution in [2.75, 3.05) is 11.6 Å². The molecule has 1 aromatic heterocycles. The second-order valence-electron chi connectivity index (χ2n) is 6.71. The normalized spacial score (nSPS) is 11.2. The first-order valence-electron chi connectivity index (χ1n) is 9.36. The molecule has 0 aliphatic heterocycles. The second-order valence-corrected chi connectivity index (χ2v) is 9.07. The van der Waals surface area contributed by atoms with Gasteiger partial charge in [0.05, 0.1) is 16.4 Å². The molecular formula is C23H17BrClN3O2S. The molecule has 0 spiro atoms. The number of hydrazone groups is 1. The first-order valence-corrected chi connectivity index (χ1v) is 11.3. The number of carbonyl (C=O) groups is 1. The minimum atomic E-state index is -0.337. The van der Waals surface area contributed by atoms with E-state index in [1.54, 1.807) is 30.5 Å². The highest BCUT2D eigenvalue weighted by atomic mass is 79.9. The first kappa shape index (κ1) is 21.5. The number of hydrogen-bond donors (Lipinski definition) is 0. The molecule has 3 aromatic carbocycles. The van der Waals surface area contributed by atoms with Crippen molar-refractivity contribution in [1.29, 1.82) is 0 Å². The highest BCUT2D eigenvalue weighted by Crippen LogP contribution is 2.31. The lowest BCUT2D eigenvalue weighted by atomic mass is 10.2. The maximum Gasteiger partial charge on any atom is 0.287 e. The number of benzene rings is 3. The van der Waals surface area contributed by atoms with Gasteiger partial charge in [0.25, 0.3) is 5.91 Å². The standard InChI is InChI=1S/C23H17BrClN3O2S/c1-15-2-4-16(5-3-15)13-26-28(22(29)14-30-19-9-7-18(25)8-10-19)23-27-20-11-6-17(24)12-21(20)31-23/h2-13H,14H2,1H3/b26-13+. The lowest BCUT2D eigenvalue weighted by molar-refractivity contribution is -0.120. The molecule has 0 aliphatic rings. The van der Waals surface area contributed by atoms with Crippen molar-refractivity contribution in [2.45, 2.75) is 6.92 Å². The zero-order valence-electron chi connectivity index (χ0n) is 16.5. The van der Waals surface area contributed by atoms with Crippen molar-refractivity contribution >= 4 is 66.3 Å². The fraction of sp³-hybridized carbons (Fsp3) is 0.0870. The van der Waals surface area contributed by atoms with Crippen molar-refractivity contribution in [3.05, 3.63) is 87.4 Å². The van der Waals surface area contributed by atoms with Crippen LogP contribution < -0.4 is 9.75 Å². The summed E-state index contributed by atoms with van der Waals surface area (Å²) in [7, 11) is 0. The fourth-order valence-electron chi connectivity index (χ4n) is 2.71. The third-order valence-corrected chi connectivity index (χ3v) is 6.07. The average molecular weight is 515 g/mol. The van der Waals surface area contributed by atoms with E-state index in [4.69, 9.17) is 16.3 Å². The third-order valence-electron chi connectivity index (χ3n) is 4.33. The largest absolute Gasteiger partial charge is 0.484 e. The van der Waals surface area contributed by atoms with Crippen molar-refractivity contribution in [1.82, 2.24) is 4.98 Å². The van der Waals surface area contributed by atoms with E-state index < -0.39 is 0 Å². The smallest absolute Gasteiger partial charge is 0.287 e. The van der Waals surface area contributed by atoms with Gasteiger partial charge in [-0.1, -0.05) is 68.7 Å². The van der Waals surface area contributed by atoms with Crippen LogP contribution in [0.1, 0.15) is 11.1 Å². The number of fused-ring (bicyclic) bond motifs is 1. The van der Waals surface area contributed by atoms with Crippen molar-refractivity contribution in [2.24, 2.45) is 5.10 Å². The van der Waals surface area contributed by atoms with Gasteiger partial charge in [-0.05, 0) is 55.0 Å². The molecule has 0 atom stereocenters. The number of hydrogen-bond acceptors (Lipinski definition) is 5. The summed E-state index contributed by atoms with van der Waals surface area (Å²) in [5.41, 5.74) is 2.83. The van der Waals surface area contributed by atoms with Gasteiger partial charge in [-0.2, -0.15) is 10.1 Å². The molecule has 156 valence electrons. The lowest BCUT2D eigenvalue weighted by Gasteiger charge is -2.14. The minimum absolute atomic E-state index is 0.188. The lowest BCUT2D eigenvalue weighted by Crippen LogP contribution is -2.30. The van der Waals surface area contributed by atoms with Gasteiger partial charge in [0.2, 0.25) is 5.13 Å². The molecule has 5 nitrogen and oxygen atoms in total. The maximum atomic E-state index is 13.0. The number of thiazole rings is 1. The molecule has 1 amide bonds. The van der Waals surface area contributed by atoms with E-state index in [1.807, 2.05) is 49.4 Å². The second kappa shape index (κ2) is 9.60. The number of halogens is 2. The molecule has 8 heteroatoms. The monoisotopic (exact) mass is 513 g/mol. The van der Waals surface area contributed by atoms with Gasteiger partial charge in [0.15, 0.2) is 6.61 Å². The predicted octanol–water partition coefficient (Wildman–Crippen LogP) is 6.47. The Morgan fingerprint density at radius 2 is 1.90 bits per heavy atom. The van der Waals surface area contributed by atoms with Crippen LogP contribution in [0.25, 0.3) is 10.2 Å². The Labute approximate surface area is 197 Å². The number of anilines is 1. The number of carbonyl (C=O) groups excluding carboxylic acids is 1. The quantitative estimate of drug-likeness (QED) is 0.219. The van der Waals surface area contributed by atoms with E-state index >= 15 is 0 Å². The van der Waals surface area contributed by atoms with Crippen molar-refractivity contribution in [3.63, 3.8) is 0 Å². The van der Waals surface area contributed by atoms with Crippen LogP contribution >= 0.6 is 38.9 Å². The summed E-state index contributed by atoms with van der Waals surface area (Å²) in [4.78, 5) is 17.6. The Morgan fingerprint density at radius 1 is 1.16 bits per heavy atom. The molecule has 0 N–H and O–H groups in total. The van der Waals surface area contributed by atoms with Crippen LogP contribution in [0, 0.1) is 6.92 Å². The van der Waals surface area contributed by atoms with E-state index in [0.29, 0.717) is 15.9 Å². The topological polar surface area (TPSA) is 54.8 Å². The predicted molar refractivity (Wildman–Crippen MR) is 131 cm³/mol. The van der Waals surface area contributed by atoms with Gasteiger partial charge < -0.3 is 4.74 Å². The summed E-state index contributed by atoms with van der Waals surface area (Å²) in [5.74, 6) is 0.213. The molecule has 0 fully saturated rings. The van der Waals surface area contributed by atoms with E-state index in [2.05, 4.69) is 26.0 Å². The molecule has 31 heavy (non-hydrogen) atoms. The van der Waals surface area contributed by atoms with Crippen LogP contribution in [-0.4, -0.2) is 23.7 Å².